The van der Waals surface area contributed by atoms with Gasteiger partial charge in [-0.25, -0.2) is 23.2 Å². The third-order valence-electron chi connectivity index (χ3n) is 6.54. The van der Waals surface area contributed by atoms with E-state index < -0.39 is 35.0 Å². The van der Waals surface area contributed by atoms with Crippen molar-refractivity contribution in [3.8, 4) is 0 Å². The lowest BCUT2D eigenvalue weighted by molar-refractivity contribution is -0.155. The third-order valence-corrected chi connectivity index (χ3v) is 10.5. The number of anilines is 1. The Balaban J connectivity index is 1.79. The van der Waals surface area contributed by atoms with Crippen LogP contribution in [0.15, 0.2) is 41.1 Å². The predicted octanol–water partition coefficient (Wildman–Crippen LogP) is 2.93. The fourth-order valence-electron chi connectivity index (χ4n) is 4.87. The minimum Gasteiger partial charge on any atom is -0.467 e. The van der Waals surface area contributed by atoms with E-state index in [9.17, 15) is 13.2 Å². The molecular formula is C22H29BrN4O4SSi. The van der Waals surface area contributed by atoms with E-state index in [0.717, 1.165) is 10.0 Å². The van der Waals surface area contributed by atoms with Crippen molar-refractivity contribution in [1.29, 1.82) is 0 Å². The minimum atomic E-state index is -3.78. The minimum absolute atomic E-state index is 0.0214. The van der Waals surface area contributed by atoms with Gasteiger partial charge in [0.25, 0.3) is 0 Å². The second-order valence-corrected chi connectivity index (χ2v) is 18.5. The molecule has 1 saturated heterocycles. The molecule has 0 radical (unpaired) electrons. The van der Waals surface area contributed by atoms with Gasteiger partial charge >= 0.3 is 5.97 Å². The number of nitrogens with zero attached hydrogens (tertiary/aromatic N) is 3. The second kappa shape index (κ2) is 8.44. The van der Waals surface area contributed by atoms with Crippen molar-refractivity contribution >= 4 is 45.9 Å². The molecule has 1 aromatic carbocycles. The molecule has 178 valence electrons. The van der Waals surface area contributed by atoms with Gasteiger partial charge in [-0.15, -0.1) is 0 Å². The highest BCUT2D eigenvalue weighted by molar-refractivity contribution is 9.10. The number of halogens is 1. The molecule has 0 amide bonds. The summed E-state index contributed by atoms with van der Waals surface area (Å²) in [5.41, 5.74) is -0.655. The molecular weight excluding hydrogens is 524 g/mol. The Hall–Kier alpha value is -1.82. The highest BCUT2D eigenvalue weighted by Gasteiger charge is 2.69. The molecule has 8 nitrogen and oxygen atoms in total. The number of hydrogen-bond acceptors (Lipinski definition) is 7. The summed E-state index contributed by atoms with van der Waals surface area (Å²) in [6, 6.07) is 8.04. The zero-order valence-corrected chi connectivity index (χ0v) is 22.7. The van der Waals surface area contributed by atoms with Crippen LogP contribution in [0.2, 0.25) is 25.7 Å². The molecule has 33 heavy (non-hydrogen) atoms. The maximum atomic E-state index is 13.5. The van der Waals surface area contributed by atoms with Crippen LogP contribution in [-0.2, 0) is 31.5 Å². The summed E-state index contributed by atoms with van der Waals surface area (Å²) in [5, 5.41) is 0. The molecule has 1 atom stereocenters. The van der Waals surface area contributed by atoms with Crippen LogP contribution in [0.3, 0.4) is 0 Å². The van der Waals surface area contributed by atoms with E-state index in [2.05, 4.69) is 50.3 Å². The van der Waals surface area contributed by atoms with Crippen LogP contribution < -0.4 is 9.62 Å². The Morgan fingerprint density at radius 1 is 1.24 bits per heavy atom. The number of methoxy groups -OCH3 is 1. The summed E-state index contributed by atoms with van der Waals surface area (Å²) in [6.07, 6.45) is 3.88. The average Bonchev–Trinajstić information content (AvgIpc) is 3.01. The third kappa shape index (κ3) is 4.35. The van der Waals surface area contributed by atoms with Crippen molar-refractivity contribution in [2.45, 2.75) is 37.6 Å². The van der Waals surface area contributed by atoms with E-state index in [-0.39, 0.29) is 5.75 Å². The SMILES string of the molecule is COC(=O)[C@@]1(NS(=O)(=O)CC[Si](C)(C)C)c2cc(Br)ccc2CC12CN(c1ncccn1)C2. The lowest BCUT2D eigenvalue weighted by Gasteiger charge is -2.55. The standard InChI is InChI=1S/C22H29BrN4O4SSi/c1-31-19(28)22(26-32(29,30)10-11-33(2,3)4)18-12-17(23)7-6-16(18)13-21(22)14-27(15-21)20-24-8-5-9-25-20/h5-9,12,26H,10-11,13-15H2,1-4H3/t22-/m0/s1. The molecule has 11 heteroatoms. The zero-order valence-electron chi connectivity index (χ0n) is 19.3. The van der Waals surface area contributed by atoms with Crippen LogP contribution in [-0.4, -0.2) is 58.4 Å². The highest BCUT2D eigenvalue weighted by atomic mass is 79.9. The molecule has 2 heterocycles. The predicted molar refractivity (Wildman–Crippen MR) is 133 cm³/mol. The first kappa shape index (κ1) is 24.3. The molecule has 1 fully saturated rings. The van der Waals surface area contributed by atoms with Crippen LogP contribution in [0.1, 0.15) is 11.1 Å². The zero-order chi connectivity index (χ0) is 24.1. The maximum absolute atomic E-state index is 13.5. The van der Waals surface area contributed by atoms with E-state index in [1.54, 1.807) is 18.5 Å². The highest BCUT2D eigenvalue weighted by Crippen LogP contribution is 2.57. The van der Waals surface area contributed by atoms with Gasteiger partial charge in [0.1, 0.15) is 0 Å². The number of esters is 1. The van der Waals surface area contributed by atoms with Crippen molar-refractivity contribution in [2.24, 2.45) is 5.41 Å². The van der Waals surface area contributed by atoms with E-state index in [1.807, 2.05) is 23.1 Å². The van der Waals surface area contributed by atoms with Gasteiger partial charge < -0.3 is 9.64 Å². The van der Waals surface area contributed by atoms with E-state index in [4.69, 9.17) is 4.74 Å². The van der Waals surface area contributed by atoms with Gasteiger partial charge in [0.05, 0.1) is 12.9 Å². The topological polar surface area (TPSA) is 101 Å². The van der Waals surface area contributed by atoms with Gasteiger partial charge in [-0.2, -0.15) is 4.72 Å². The Bertz CT molecular complexity index is 1170. The molecule has 0 unspecified atom stereocenters. The van der Waals surface area contributed by atoms with E-state index in [0.29, 0.717) is 37.1 Å². The normalized spacial score (nSPS) is 21.5. The number of rotatable bonds is 7. The van der Waals surface area contributed by atoms with Gasteiger partial charge in [-0.05, 0) is 41.8 Å². The van der Waals surface area contributed by atoms with Crippen LogP contribution >= 0.6 is 15.9 Å². The molecule has 1 aliphatic heterocycles. The summed E-state index contributed by atoms with van der Waals surface area (Å²) in [4.78, 5) is 24.1. The number of carbonyl (C=O) groups is 1. The molecule has 1 aliphatic carbocycles. The quantitative estimate of drug-likeness (QED) is 0.416. The van der Waals surface area contributed by atoms with Crippen molar-refractivity contribution in [2.75, 3.05) is 30.9 Å². The number of hydrogen-bond donors (Lipinski definition) is 1. The number of ether oxygens (including phenoxy) is 1. The fraction of sp³-hybridized carbons (Fsp3) is 0.500. The Kier molecular flexibility index (Phi) is 6.21. The summed E-state index contributed by atoms with van der Waals surface area (Å²) in [5.74, 6) is -0.0583. The number of carbonyl (C=O) groups excluding carboxylic acids is 1. The smallest absolute Gasteiger partial charge is 0.332 e. The van der Waals surface area contributed by atoms with Gasteiger partial charge in [-0.1, -0.05) is 41.6 Å². The van der Waals surface area contributed by atoms with Gasteiger partial charge in [-0.3, -0.25) is 0 Å². The van der Waals surface area contributed by atoms with Crippen LogP contribution in [0.5, 0.6) is 0 Å². The van der Waals surface area contributed by atoms with Crippen molar-refractivity contribution < 1.29 is 17.9 Å². The maximum Gasteiger partial charge on any atom is 0.332 e. The lowest BCUT2D eigenvalue weighted by atomic mass is 9.65. The Morgan fingerprint density at radius 2 is 1.91 bits per heavy atom. The molecule has 1 spiro atoms. The molecule has 1 aromatic heterocycles. The summed E-state index contributed by atoms with van der Waals surface area (Å²) < 4.78 is 35.7. The Labute approximate surface area is 204 Å². The Morgan fingerprint density at radius 3 is 2.52 bits per heavy atom. The first-order chi connectivity index (χ1) is 15.4. The number of fused-ring (bicyclic) bond motifs is 1. The second-order valence-electron chi connectivity index (χ2n) is 10.1. The van der Waals surface area contributed by atoms with Gasteiger partial charge in [0.15, 0.2) is 5.54 Å². The van der Waals surface area contributed by atoms with E-state index in [1.165, 1.54) is 7.11 Å². The first-order valence-electron chi connectivity index (χ1n) is 10.8. The fourth-order valence-corrected chi connectivity index (χ4v) is 9.74. The van der Waals surface area contributed by atoms with E-state index >= 15 is 0 Å². The number of benzene rings is 1. The van der Waals surface area contributed by atoms with Gasteiger partial charge in [0, 0.05) is 43.4 Å². The molecule has 0 bridgehead atoms. The van der Waals surface area contributed by atoms with Crippen LogP contribution in [0, 0.1) is 5.41 Å². The largest absolute Gasteiger partial charge is 0.467 e. The first-order valence-corrected chi connectivity index (χ1v) is 17.0. The van der Waals surface area contributed by atoms with Gasteiger partial charge in [0.2, 0.25) is 16.0 Å². The lowest BCUT2D eigenvalue weighted by Crippen LogP contribution is -2.73. The summed E-state index contributed by atoms with van der Waals surface area (Å²) in [7, 11) is -4.09. The molecule has 2 aliphatic rings. The summed E-state index contributed by atoms with van der Waals surface area (Å²) in [6.45, 7) is 7.24. The van der Waals surface area contributed by atoms with Crippen molar-refractivity contribution in [3.05, 3.63) is 52.3 Å². The number of aromatic nitrogens is 2. The summed E-state index contributed by atoms with van der Waals surface area (Å²) >= 11 is 3.50. The molecule has 0 saturated carbocycles. The monoisotopic (exact) mass is 552 g/mol. The van der Waals surface area contributed by atoms with Crippen molar-refractivity contribution in [1.82, 2.24) is 14.7 Å². The molecule has 4 rings (SSSR count). The number of nitrogens with one attached hydrogen (secondary N) is 1. The number of sulfonamides is 1. The average molecular weight is 554 g/mol. The van der Waals surface area contributed by atoms with Crippen molar-refractivity contribution in [3.63, 3.8) is 0 Å². The molecule has 1 N–H and O–H groups in total. The van der Waals surface area contributed by atoms with Crippen LogP contribution in [0.4, 0.5) is 5.95 Å². The van der Waals surface area contributed by atoms with Crippen LogP contribution in [0.25, 0.3) is 0 Å². The molecule has 2 aromatic rings.